The Kier molecular flexibility index (Phi) is 4.75. The highest BCUT2D eigenvalue weighted by molar-refractivity contribution is 7.89. The van der Waals surface area contributed by atoms with Crippen LogP contribution in [-0.4, -0.2) is 51.2 Å². The van der Waals surface area contributed by atoms with Crippen LogP contribution in [0.5, 0.6) is 5.75 Å². The van der Waals surface area contributed by atoms with Gasteiger partial charge in [-0.05, 0) is 38.5 Å². The van der Waals surface area contributed by atoms with E-state index < -0.39 is 10.0 Å². The standard InChI is InChI=1S/C17H23N3O4S/c1-12-5-6-16(23-4)15(11-12)19-7-9-20(10-8-19)25(21,22)17-13(2)18-24-14(17)3/h5-6,11H,7-10H2,1-4H3. The molecular formula is C17H23N3O4S. The Labute approximate surface area is 148 Å². The molecule has 7 nitrogen and oxygen atoms in total. The molecule has 0 saturated carbocycles. The number of hydrogen-bond donors (Lipinski definition) is 0. The van der Waals surface area contributed by atoms with Gasteiger partial charge >= 0.3 is 0 Å². The van der Waals surface area contributed by atoms with E-state index in [9.17, 15) is 8.42 Å². The molecule has 0 bridgehead atoms. The number of benzene rings is 1. The summed E-state index contributed by atoms with van der Waals surface area (Å²) in [5, 5.41) is 3.76. The quantitative estimate of drug-likeness (QED) is 0.826. The molecule has 0 atom stereocenters. The lowest BCUT2D eigenvalue weighted by Crippen LogP contribution is -2.48. The van der Waals surface area contributed by atoms with E-state index in [0.29, 0.717) is 37.6 Å². The monoisotopic (exact) mass is 365 g/mol. The second-order valence-corrected chi connectivity index (χ2v) is 8.09. The van der Waals surface area contributed by atoms with Gasteiger partial charge in [0.2, 0.25) is 10.0 Å². The highest BCUT2D eigenvalue weighted by Gasteiger charge is 2.33. The van der Waals surface area contributed by atoms with Crippen LogP contribution in [0.3, 0.4) is 0 Å². The van der Waals surface area contributed by atoms with Gasteiger partial charge in [-0.2, -0.15) is 4.31 Å². The number of methoxy groups -OCH3 is 1. The molecule has 1 aromatic heterocycles. The van der Waals surface area contributed by atoms with Gasteiger partial charge in [-0.25, -0.2) is 8.42 Å². The Bertz CT molecular complexity index is 849. The lowest BCUT2D eigenvalue weighted by Gasteiger charge is -2.36. The molecule has 1 saturated heterocycles. The average Bonchev–Trinajstić information content (AvgIpc) is 2.94. The van der Waals surface area contributed by atoms with E-state index in [4.69, 9.17) is 9.26 Å². The average molecular weight is 365 g/mol. The van der Waals surface area contributed by atoms with Crippen LogP contribution in [0.2, 0.25) is 0 Å². The maximum absolute atomic E-state index is 12.9. The summed E-state index contributed by atoms with van der Waals surface area (Å²) in [6.45, 7) is 7.32. The summed E-state index contributed by atoms with van der Waals surface area (Å²) >= 11 is 0. The van der Waals surface area contributed by atoms with Crippen LogP contribution in [0.25, 0.3) is 0 Å². The van der Waals surface area contributed by atoms with Gasteiger partial charge in [-0.15, -0.1) is 0 Å². The van der Waals surface area contributed by atoms with Crippen LogP contribution in [0.4, 0.5) is 5.69 Å². The first-order valence-electron chi connectivity index (χ1n) is 8.17. The van der Waals surface area contributed by atoms with Crippen LogP contribution in [0, 0.1) is 20.8 Å². The third-order valence-electron chi connectivity index (χ3n) is 4.48. The smallest absolute Gasteiger partial charge is 0.248 e. The normalized spacial score (nSPS) is 16.2. The molecule has 8 heteroatoms. The minimum absolute atomic E-state index is 0.189. The van der Waals surface area contributed by atoms with Crippen molar-refractivity contribution in [2.75, 3.05) is 38.2 Å². The van der Waals surface area contributed by atoms with Crippen LogP contribution >= 0.6 is 0 Å². The molecule has 0 unspecified atom stereocenters. The molecule has 2 aromatic rings. The number of nitrogens with zero attached hydrogens (tertiary/aromatic N) is 3. The summed E-state index contributed by atoms with van der Waals surface area (Å²) in [5.41, 5.74) is 2.54. The van der Waals surface area contributed by atoms with E-state index >= 15 is 0 Å². The highest BCUT2D eigenvalue weighted by atomic mass is 32.2. The molecule has 1 aliphatic heterocycles. The zero-order chi connectivity index (χ0) is 18.2. The third kappa shape index (κ3) is 3.23. The van der Waals surface area contributed by atoms with Crippen LogP contribution < -0.4 is 9.64 Å². The van der Waals surface area contributed by atoms with Gasteiger partial charge < -0.3 is 14.2 Å². The molecule has 0 radical (unpaired) electrons. The highest BCUT2D eigenvalue weighted by Crippen LogP contribution is 2.31. The largest absolute Gasteiger partial charge is 0.495 e. The van der Waals surface area contributed by atoms with Crippen molar-refractivity contribution in [3.63, 3.8) is 0 Å². The van der Waals surface area contributed by atoms with Gasteiger partial charge in [0.15, 0.2) is 5.76 Å². The molecule has 0 aliphatic carbocycles. The van der Waals surface area contributed by atoms with Crippen molar-refractivity contribution in [1.29, 1.82) is 0 Å². The fourth-order valence-electron chi connectivity index (χ4n) is 3.19. The minimum Gasteiger partial charge on any atom is -0.495 e. The molecule has 0 spiro atoms. The Hall–Kier alpha value is -2.06. The van der Waals surface area contributed by atoms with Crippen molar-refractivity contribution in [2.24, 2.45) is 0 Å². The van der Waals surface area contributed by atoms with E-state index in [0.717, 1.165) is 17.0 Å². The predicted molar refractivity (Wildman–Crippen MR) is 94.7 cm³/mol. The first-order valence-corrected chi connectivity index (χ1v) is 9.61. The number of ether oxygens (including phenoxy) is 1. The van der Waals surface area contributed by atoms with Crippen molar-refractivity contribution >= 4 is 15.7 Å². The maximum atomic E-state index is 12.9. The summed E-state index contributed by atoms with van der Waals surface area (Å²) in [5.74, 6) is 1.13. The lowest BCUT2D eigenvalue weighted by atomic mass is 10.1. The topological polar surface area (TPSA) is 75.9 Å². The number of rotatable bonds is 4. The Morgan fingerprint density at radius 3 is 2.36 bits per heavy atom. The molecule has 136 valence electrons. The van der Waals surface area contributed by atoms with E-state index in [2.05, 4.69) is 16.1 Å². The van der Waals surface area contributed by atoms with Crippen LogP contribution in [0.1, 0.15) is 17.0 Å². The molecular weight excluding hydrogens is 342 g/mol. The van der Waals surface area contributed by atoms with Crippen molar-refractivity contribution in [1.82, 2.24) is 9.46 Å². The Morgan fingerprint density at radius 2 is 1.80 bits per heavy atom. The number of anilines is 1. The molecule has 1 aromatic carbocycles. The van der Waals surface area contributed by atoms with Gasteiger partial charge in [0.05, 0.1) is 12.8 Å². The molecule has 0 amide bonds. The van der Waals surface area contributed by atoms with Crippen molar-refractivity contribution in [3.05, 3.63) is 35.2 Å². The van der Waals surface area contributed by atoms with Crippen molar-refractivity contribution < 1.29 is 17.7 Å². The number of sulfonamides is 1. The fraction of sp³-hybridized carbons (Fsp3) is 0.471. The first kappa shape index (κ1) is 17.8. The second kappa shape index (κ2) is 6.68. The summed E-state index contributed by atoms with van der Waals surface area (Å²) in [7, 11) is -1.95. The molecule has 1 aliphatic rings. The third-order valence-corrected chi connectivity index (χ3v) is 6.62. The van der Waals surface area contributed by atoms with Gasteiger partial charge in [-0.3, -0.25) is 0 Å². The number of piperazine rings is 1. The van der Waals surface area contributed by atoms with Gasteiger partial charge in [0.25, 0.3) is 0 Å². The van der Waals surface area contributed by atoms with E-state index in [1.807, 2.05) is 19.1 Å². The molecule has 2 heterocycles. The van der Waals surface area contributed by atoms with Gasteiger partial charge in [0, 0.05) is 26.2 Å². The van der Waals surface area contributed by atoms with Crippen LogP contribution in [-0.2, 0) is 10.0 Å². The summed E-state index contributed by atoms with van der Waals surface area (Å²) in [4.78, 5) is 2.35. The zero-order valence-electron chi connectivity index (χ0n) is 14.9. The van der Waals surface area contributed by atoms with Crippen molar-refractivity contribution in [2.45, 2.75) is 25.7 Å². The van der Waals surface area contributed by atoms with E-state index in [1.54, 1.807) is 21.0 Å². The summed E-state index contributed by atoms with van der Waals surface area (Å²) in [6.07, 6.45) is 0. The van der Waals surface area contributed by atoms with E-state index in [1.165, 1.54) is 4.31 Å². The number of aryl methyl sites for hydroxylation is 3. The van der Waals surface area contributed by atoms with E-state index in [-0.39, 0.29) is 4.90 Å². The van der Waals surface area contributed by atoms with Crippen molar-refractivity contribution in [3.8, 4) is 5.75 Å². The van der Waals surface area contributed by atoms with Crippen LogP contribution in [0.15, 0.2) is 27.6 Å². The Morgan fingerprint density at radius 1 is 1.12 bits per heavy atom. The summed E-state index contributed by atoms with van der Waals surface area (Å²) in [6, 6.07) is 6.01. The summed E-state index contributed by atoms with van der Waals surface area (Å²) < 4.78 is 37.8. The number of aromatic nitrogens is 1. The first-order chi connectivity index (χ1) is 11.8. The van der Waals surface area contributed by atoms with Gasteiger partial charge in [-0.1, -0.05) is 11.2 Å². The number of hydrogen-bond acceptors (Lipinski definition) is 6. The fourth-order valence-corrected chi connectivity index (χ4v) is 4.90. The maximum Gasteiger partial charge on any atom is 0.248 e. The Balaban J connectivity index is 1.80. The molecule has 25 heavy (non-hydrogen) atoms. The SMILES string of the molecule is COc1ccc(C)cc1N1CCN(S(=O)(=O)c2c(C)noc2C)CC1. The molecule has 3 rings (SSSR count). The van der Waals surface area contributed by atoms with Gasteiger partial charge in [0.1, 0.15) is 16.3 Å². The zero-order valence-corrected chi connectivity index (χ0v) is 15.8. The predicted octanol–water partition coefficient (Wildman–Crippen LogP) is 2.12. The second-order valence-electron chi connectivity index (χ2n) is 6.22. The minimum atomic E-state index is -3.59. The molecule has 0 N–H and O–H groups in total. The molecule has 1 fully saturated rings. The lowest BCUT2D eigenvalue weighted by molar-refractivity contribution is 0.374.